The Hall–Kier alpha value is -2.10. The van der Waals surface area contributed by atoms with E-state index in [4.69, 9.17) is 9.52 Å². The average molecular weight is 349 g/mol. The summed E-state index contributed by atoms with van der Waals surface area (Å²) in [7, 11) is 0. The third-order valence-electron chi connectivity index (χ3n) is 5.56. The summed E-state index contributed by atoms with van der Waals surface area (Å²) in [5, 5.41) is 10.3. The molecule has 26 heavy (non-hydrogen) atoms. The molecule has 3 heteroatoms. The van der Waals surface area contributed by atoms with Crippen molar-refractivity contribution >= 4 is 11.0 Å². The maximum Gasteiger partial charge on any atom is 0.134 e. The molecule has 0 saturated carbocycles. The number of aliphatic hydroxyl groups is 1. The van der Waals surface area contributed by atoms with Crippen LogP contribution < -0.4 is 0 Å². The van der Waals surface area contributed by atoms with Crippen molar-refractivity contribution in [2.24, 2.45) is 0 Å². The molecule has 1 N–H and O–H groups in total. The van der Waals surface area contributed by atoms with E-state index < -0.39 is 0 Å². The number of aliphatic hydroxyl groups excluding tert-OH is 1. The van der Waals surface area contributed by atoms with Crippen LogP contribution in [0.5, 0.6) is 0 Å². The second kappa shape index (κ2) is 7.65. The molecule has 0 bridgehead atoms. The molecule has 1 atom stereocenters. The van der Waals surface area contributed by atoms with Crippen LogP contribution in [0.15, 0.2) is 52.9 Å². The van der Waals surface area contributed by atoms with Crippen LogP contribution in [0.1, 0.15) is 31.1 Å². The van der Waals surface area contributed by atoms with Crippen LogP contribution in [0.2, 0.25) is 0 Å². The third kappa shape index (κ3) is 3.69. The monoisotopic (exact) mass is 349 g/mol. The minimum Gasteiger partial charge on any atom is -0.461 e. The maximum absolute atomic E-state index is 9.15. The molecule has 1 fully saturated rings. The SMILES string of the molecule is C[C@@H]1CCCN1CCc1cc2cc(-c3cccc(CCO)c3)ccc2o1. The first-order valence-corrected chi connectivity index (χ1v) is 9.69. The number of hydrogen-bond acceptors (Lipinski definition) is 3. The molecule has 0 unspecified atom stereocenters. The highest BCUT2D eigenvalue weighted by atomic mass is 16.3. The van der Waals surface area contributed by atoms with Gasteiger partial charge in [0.1, 0.15) is 11.3 Å². The molecular weight excluding hydrogens is 322 g/mol. The van der Waals surface area contributed by atoms with Crippen molar-refractivity contribution in [1.82, 2.24) is 4.90 Å². The van der Waals surface area contributed by atoms with Crippen LogP contribution in [0.3, 0.4) is 0 Å². The Bertz CT molecular complexity index is 883. The quantitative estimate of drug-likeness (QED) is 0.703. The number of likely N-dealkylation sites (tertiary alicyclic amines) is 1. The van der Waals surface area contributed by atoms with Crippen LogP contribution in [0.4, 0.5) is 0 Å². The minimum atomic E-state index is 0.184. The molecule has 136 valence electrons. The van der Waals surface area contributed by atoms with Crippen molar-refractivity contribution in [3.8, 4) is 11.1 Å². The van der Waals surface area contributed by atoms with Crippen molar-refractivity contribution in [3.05, 3.63) is 59.9 Å². The predicted molar refractivity (Wildman–Crippen MR) is 106 cm³/mol. The maximum atomic E-state index is 9.15. The zero-order chi connectivity index (χ0) is 17.9. The normalized spacial score (nSPS) is 18.0. The molecular formula is C23H27NO2. The lowest BCUT2D eigenvalue weighted by Crippen LogP contribution is -2.28. The molecule has 1 saturated heterocycles. The van der Waals surface area contributed by atoms with Crippen molar-refractivity contribution < 1.29 is 9.52 Å². The first-order valence-electron chi connectivity index (χ1n) is 9.69. The van der Waals surface area contributed by atoms with E-state index in [0.29, 0.717) is 12.5 Å². The third-order valence-corrected chi connectivity index (χ3v) is 5.56. The molecule has 0 radical (unpaired) electrons. The summed E-state index contributed by atoms with van der Waals surface area (Å²) in [5.41, 5.74) is 4.51. The lowest BCUT2D eigenvalue weighted by Gasteiger charge is -2.19. The summed E-state index contributed by atoms with van der Waals surface area (Å²) >= 11 is 0. The topological polar surface area (TPSA) is 36.6 Å². The highest BCUT2D eigenvalue weighted by molar-refractivity contribution is 5.84. The Kier molecular flexibility index (Phi) is 5.09. The summed E-state index contributed by atoms with van der Waals surface area (Å²) < 4.78 is 6.06. The van der Waals surface area contributed by atoms with Gasteiger partial charge in [0.15, 0.2) is 0 Å². The minimum absolute atomic E-state index is 0.184. The number of rotatable bonds is 6. The van der Waals surface area contributed by atoms with E-state index in [1.54, 1.807) is 0 Å². The van der Waals surface area contributed by atoms with E-state index in [2.05, 4.69) is 60.4 Å². The van der Waals surface area contributed by atoms with Crippen molar-refractivity contribution in [2.45, 2.75) is 38.6 Å². The van der Waals surface area contributed by atoms with Gasteiger partial charge in [-0.3, -0.25) is 0 Å². The molecule has 1 aliphatic heterocycles. The van der Waals surface area contributed by atoms with Crippen LogP contribution in [0, 0.1) is 0 Å². The van der Waals surface area contributed by atoms with Crippen molar-refractivity contribution in [2.75, 3.05) is 19.7 Å². The van der Waals surface area contributed by atoms with E-state index in [1.165, 1.54) is 35.9 Å². The van der Waals surface area contributed by atoms with E-state index in [0.717, 1.165) is 29.9 Å². The summed E-state index contributed by atoms with van der Waals surface area (Å²) in [6.45, 7) is 4.80. The Morgan fingerprint density at radius 2 is 1.96 bits per heavy atom. The highest BCUT2D eigenvalue weighted by Gasteiger charge is 2.20. The van der Waals surface area contributed by atoms with Crippen molar-refractivity contribution in [1.29, 1.82) is 0 Å². The Labute approximate surface area is 155 Å². The first kappa shape index (κ1) is 17.3. The zero-order valence-corrected chi connectivity index (χ0v) is 15.4. The van der Waals surface area contributed by atoms with Gasteiger partial charge in [0.2, 0.25) is 0 Å². The lowest BCUT2D eigenvalue weighted by atomic mass is 10.0. The van der Waals surface area contributed by atoms with Crippen LogP contribution >= 0.6 is 0 Å². The standard InChI is InChI=1S/C23H27NO2/c1-17-4-3-11-24(17)12-9-22-16-21-15-20(7-8-23(21)26-22)19-6-2-5-18(14-19)10-13-25/h2,5-8,14-17,25H,3-4,9-13H2,1H3/t17-/m1/s1. The Morgan fingerprint density at radius 3 is 2.77 bits per heavy atom. The number of benzene rings is 2. The summed E-state index contributed by atoms with van der Waals surface area (Å²) in [6.07, 6.45) is 4.31. The largest absolute Gasteiger partial charge is 0.461 e. The van der Waals surface area contributed by atoms with Gasteiger partial charge in [-0.05, 0) is 67.6 Å². The fourth-order valence-electron chi connectivity index (χ4n) is 4.02. The van der Waals surface area contributed by atoms with Crippen LogP contribution in [0.25, 0.3) is 22.1 Å². The molecule has 1 aromatic heterocycles. The fourth-order valence-corrected chi connectivity index (χ4v) is 4.02. The smallest absolute Gasteiger partial charge is 0.134 e. The average Bonchev–Trinajstić information content (AvgIpc) is 3.25. The van der Waals surface area contributed by atoms with Gasteiger partial charge in [0.05, 0.1) is 0 Å². The van der Waals surface area contributed by atoms with E-state index in [-0.39, 0.29) is 6.61 Å². The highest BCUT2D eigenvalue weighted by Crippen LogP contribution is 2.28. The van der Waals surface area contributed by atoms with Crippen LogP contribution in [-0.4, -0.2) is 35.7 Å². The predicted octanol–water partition coefficient (Wildman–Crippen LogP) is 4.66. The van der Waals surface area contributed by atoms with Gasteiger partial charge in [0, 0.05) is 31.0 Å². The van der Waals surface area contributed by atoms with Gasteiger partial charge in [-0.2, -0.15) is 0 Å². The molecule has 0 amide bonds. The number of furan rings is 1. The Morgan fingerprint density at radius 1 is 1.08 bits per heavy atom. The van der Waals surface area contributed by atoms with Crippen molar-refractivity contribution in [3.63, 3.8) is 0 Å². The van der Waals surface area contributed by atoms with Gasteiger partial charge in [-0.25, -0.2) is 0 Å². The summed E-state index contributed by atoms with van der Waals surface area (Å²) in [6, 6.07) is 17.7. The molecule has 3 nitrogen and oxygen atoms in total. The summed E-state index contributed by atoms with van der Waals surface area (Å²) in [4.78, 5) is 2.56. The van der Waals surface area contributed by atoms with E-state index >= 15 is 0 Å². The zero-order valence-electron chi connectivity index (χ0n) is 15.4. The Balaban J connectivity index is 1.53. The molecule has 4 rings (SSSR count). The molecule has 2 heterocycles. The van der Waals surface area contributed by atoms with E-state index in [1.807, 2.05) is 0 Å². The molecule has 3 aromatic rings. The van der Waals surface area contributed by atoms with E-state index in [9.17, 15) is 0 Å². The van der Waals surface area contributed by atoms with Gasteiger partial charge < -0.3 is 14.4 Å². The lowest BCUT2D eigenvalue weighted by molar-refractivity contribution is 0.266. The van der Waals surface area contributed by atoms with Gasteiger partial charge >= 0.3 is 0 Å². The first-order chi connectivity index (χ1) is 12.7. The molecule has 1 aliphatic rings. The van der Waals surface area contributed by atoms with Crippen LogP contribution in [-0.2, 0) is 12.8 Å². The second-order valence-electron chi connectivity index (χ2n) is 7.42. The molecule has 0 spiro atoms. The number of nitrogens with zero attached hydrogens (tertiary/aromatic N) is 1. The fraction of sp³-hybridized carbons (Fsp3) is 0.391. The van der Waals surface area contributed by atoms with Gasteiger partial charge in [-0.1, -0.05) is 30.3 Å². The second-order valence-corrected chi connectivity index (χ2v) is 7.42. The number of fused-ring (bicyclic) bond motifs is 1. The molecule has 2 aromatic carbocycles. The van der Waals surface area contributed by atoms with Gasteiger partial charge in [0.25, 0.3) is 0 Å². The molecule has 0 aliphatic carbocycles. The van der Waals surface area contributed by atoms with Gasteiger partial charge in [-0.15, -0.1) is 0 Å². The number of hydrogen-bond donors (Lipinski definition) is 1. The summed E-state index contributed by atoms with van der Waals surface area (Å²) in [5.74, 6) is 1.07.